The van der Waals surface area contributed by atoms with Crippen molar-refractivity contribution in [3.63, 3.8) is 0 Å². The van der Waals surface area contributed by atoms with Crippen LogP contribution < -0.4 is 5.32 Å². The fourth-order valence-corrected chi connectivity index (χ4v) is 3.16. The number of allylic oxidation sites excluding steroid dienone is 2. The maximum atomic E-state index is 3.61. The Kier molecular flexibility index (Phi) is 4.15. The molecule has 0 saturated heterocycles. The molecule has 1 N–H and O–H groups in total. The topological polar surface area (TPSA) is 12.0 Å². The van der Waals surface area contributed by atoms with Gasteiger partial charge in [0, 0.05) is 11.4 Å². The van der Waals surface area contributed by atoms with Gasteiger partial charge in [0.25, 0.3) is 0 Å². The number of aryl methyl sites for hydroxylation is 1. The number of nitrogens with one attached hydrogen (secondary N) is 1. The average Bonchev–Trinajstić information content (AvgIpc) is 2.54. The molecule has 0 saturated carbocycles. The highest BCUT2D eigenvalue weighted by atomic mass is 14.9. The van der Waals surface area contributed by atoms with Crippen LogP contribution in [0.1, 0.15) is 42.9 Å². The van der Waals surface area contributed by atoms with E-state index >= 15 is 0 Å². The van der Waals surface area contributed by atoms with E-state index in [2.05, 4.69) is 86.8 Å². The van der Waals surface area contributed by atoms with Crippen molar-refractivity contribution in [1.29, 1.82) is 0 Å². The van der Waals surface area contributed by atoms with Crippen LogP contribution in [0.25, 0.3) is 6.08 Å². The fourth-order valence-electron chi connectivity index (χ4n) is 3.16. The molecule has 1 nitrogen and oxygen atoms in total. The third-order valence-corrected chi connectivity index (χ3v) is 4.43. The highest BCUT2D eigenvalue weighted by Gasteiger charge is 2.19. The van der Waals surface area contributed by atoms with Gasteiger partial charge in [-0.2, -0.15) is 0 Å². The number of hydrogen-bond donors (Lipinski definition) is 1. The molecule has 0 aromatic heterocycles. The Morgan fingerprint density at radius 2 is 1.82 bits per heavy atom. The molecule has 1 atom stereocenters. The van der Waals surface area contributed by atoms with Crippen LogP contribution in [0.4, 0.5) is 5.69 Å². The molecule has 22 heavy (non-hydrogen) atoms. The normalized spacial score (nSPS) is 17.7. The van der Waals surface area contributed by atoms with E-state index < -0.39 is 0 Å². The first kappa shape index (κ1) is 14.6. The SMILES string of the molecule is C/C=C(/Nc1ccccc1C)C1=Cc2ccccc2C(C)C1. The highest BCUT2D eigenvalue weighted by Crippen LogP contribution is 2.36. The van der Waals surface area contributed by atoms with Gasteiger partial charge in [0.15, 0.2) is 0 Å². The number of para-hydroxylation sites is 1. The molecular weight excluding hydrogens is 266 g/mol. The largest absolute Gasteiger partial charge is 0.355 e. The molecule has 1 aliphatic carbocycles. The summed E-state index contributed by atoms with van der Waals surface area (Å²) in [6.07, 6.45) is 5.59. The van der Waals surface area contributed by atoms with Crippen LogP contribution in [-0.2, 0) is 0 Å². The van der Waals surface area contributed by atoms with Gasteiger partial charge >= 0.3 is 0 Å². The summed E-state index contributed by atoms with van der Waals surface area (Å²) in [5.74, 6) is 0.560. The van der Waals surface area contributed by atoms with Crippen molar-refractivity contribution in [1.82, 2.24) is 0 Å². The van der Waals surface area contributed by atoms with Gasteiger partial charge in [-0.3, -0.25) is 0 Å². The van der Waals surface area contributed by atoms with Crippen LogP contribution in [0.15, 0.2) is 65.9 Å². The van der Waals surface area contributed by atoms with Crippen molar-refractivity contribution in [3.05, 3.63) is 82.6 Å². The first-order valence-electron chi connectivity index (χ1n) is 7.98. The molecule has 0 radical (unpaired) electrons. The van der Waals surface area contributed by atoms with Crippen LogP contribution in [-0.4, -0.2) is 0 Å². The van der Waals surface area contributed by atoms with Crippen LogP contribution in [0, 0.1) is 6.92 Å². The van der Waals surface area contributed by atoms with E-state index in [1.54, 1.807) is 0 Å². The molecule has 2 aromatic carbocycles. The number of fused-ring (bicyclic) bond motifs is 1. The number of anilines is 1. The molecule has 112 valence electrons. The summed E-state index contributed by atoms with van der Waals surface area (Å²) < 4.78 is 0. The Morgan fingerprint density at radius 3 is 2.59 bits per heavy atom. The second kappa shape index (κ2) is 6.23. The van der Waals surface area contributed by atoms with Gasteiger partial charge in [-0.15, -0.1) is 0 Å². The Bertz CT molecular complexity index is 737. The average molecular weight is 289 g/mol. The molecule has 0 heterocycles. The molecule has 0 aliphatic heterocycles. The molecule has 0 amide bonds. The molecular formula is C21H23N. The molecule has 1 unspecified atom stereocenters. The summed E-state index contributed by atoms with van der Waals surface area (Å²) in [5.41, 5.74) is 7.86. The Morgan fingerprint density at radius 1 is 1.09 bits per heavy atom. The quantitative estimate of drug-likeness (QED) is 0.741. The van der Waals surface area contributed by atoms with Gasteiger partial charge in [-0.1, -0.05) is 55.5 Å². The summed E-state index contributed by atoms with van der Waals surface area (Å²) in [6, 6.07) is 17.2. The highest BCUT2D eigenvalue weighted by molar-refractivity contribution is 5.68. The molecule has 0 spiro atoms. The lowest BCUT2D eigenvalue weighted by Gasteiger charge is -2.25. The maximum absolute atomic E-state index is 3.61. The van der Waals surface area contributed by atoms with Crippen molar-refractivity contribution in [2.45, 2.75) is 33.1 Å². The van der Waals surface area contributed by atoms with Gasteiger partial charge in [-0.05, 0) is 60.6 Å². The summed E-state index contributed by atoms with van der Waals surface area (Å²) in [4.78, 5) is 0. The number of rotatable bonds is 3. The third-order valence-electron chi connectivity index (χ3n) is 4.43. The van der Waals surface area contributed by atoms with Crippen molar-refractivity contribution in [3.8, 4) is 0 Å². The van der Waals surface area contributed by atoms with Crippen molar-refractivity contribution in [2.75, 3.05) is 5.32 Å². The minimum Gasteiger partial charge on any atom is -0.355 e. The van der Waals surface area contributed by atoms with Gasteiger partial charge < -0.3 is 5.32 Å². The van der Waals surface area contributed by atoms with Gasteiger partial charge in [0.1, 0.15) is 0 Å². The standard InChI is InChI=1S/C21H23N/c1-4-20(22-21-12-8-5-9-15(21)2)18-13-16(3)19-11-7-6-10-17(19)14-18/h4-12,14,16,22H,13H2,1-3H3/b20-4+. The lowest BCUT2D eigenvalue weighted by atomic mass is 9.83. The van der Waals surface area contributed by atoms with Gasteiger partial charge in [0.05, 0.1) is 0 Å². The summed E-state index contributed by atoms with van der Waals surface area (Å²) in [6.45, 7) is 6.56. The predicted octanol–water partition coefficient (Wildman–Crippen LogP) is 5.90. The van der Waals surface area contributed by atoms with Crippen LogP contribution >= 0.6 is 0 Å². The smallest absolute Gasteiger partial charge is 0.0413 e. The first-order chi connectivity index (χ1) is 10.7. The van der Waals surface area contributed by atoms with Crippen LogP contribution in [0.3, 0.4) is 0 Å². The molecule has 3 rings (SSSR count). The van der Waals surface area contributed by atoms with E-state index in [1.165, 1.54) is 33.6 Å². The second-order valence-corrected chi connectivity index (χ2v) is 6.05. The van der Waals surface area contributed by atoms with Gasteiger partial charge in [0.2, 0.25) is 0 Å². The number of hydrogen-bond acceptors (Lipinski definition) is 1. The van der Waals surface area contributed by atoms with Crippen LogP contribution in [0.5, 0.6) is 0 Å². The second-order valence-electron chi connectivity index (χ2n) is 6.05. The van der Waals surface area contributed by atoms with E-state index in [4.69, 9.17) is 0 Å². The summed E-state index contributed by atoms with van der Waals surface area (Å²) in [5, 5.41) is 3.61. The lowest BCUT2D eigenvalue weighted by Crippen LogP contribution is -2.10. The maximum Gasteiger partial charge on any atom is 0.0413 e. The first-order valence-corrected chi connectivity index (χ1v) is 7.98. The molecule has 1 heteroatoms. The minimum atomic E-state index is 0.560. The van der Waals surface area contributed by atoms with E-state index in [-0.39, 0.29) is 0 Å². The van der Waals surface area contributed by atoms with E-state index in [0.717, 1.165) is 6.42 Å². The van der Waals surface area contributed by atoms with E-state index in [0.29, 0.717) is 5.92 Å². The zero-order valence-corrected chi connectivity index (χ0v) is 13.6. The van der Waals surface area contributed by atoms with E-state index in [9.17, 15) is 0 Å². The molecule has 0 fully saturated rings. The lowest BCUT2D eigenvalue weighted by molar-refractivity contribution is 0.747. The zero-order chi connectivity index (χ0) is 15.5. The van der Waals surface area contributed by atoms with Crippen molar-refractivity contribution in [2.24, 2.45) is 0 Å². The minimum absolute atomic E-state index is 0.560. The zero-order valence-electron chi connectivity index (χ0n) is 13.6. The summed E-state index contributed by atoms with van der Waals surface area (Å²) >= 11 is 0. The van der Waals surface area contributed by atoms with Crippen LogP contribution in [0.2, 0.25) is 0 Å². The Labute approximate surface area is 133 Å². The molecule has 0 bridgehead atoms. The third kappa shape index (κ3) is 2.85. The Hall–Kier alpha value is -2.28. The molecule has 1 aliphatic rings. The van der Waals surface area contributed by atoms with Crippen molar-refractivity contribution >= 4 is 11.8 Å². The Balaban J connectivity index is 1.93. The predicted molar refractivity (Wildman–Crippen MR) is 96.0 cm³/mol. The van der Waals surface area contributed by atoms with E-state index in [1.807, 2.05) is 0 Å². The fraction of sp³-hybridized carbons (Fsp3) is 0.238. The monoisotopic (exact) mass is 289 g/mol. The number of benzene rings is 2. The molecule has 2 aromatic rings. The van der Waals surface area contributed by atoms with Gasteiger partial charge in [-0.25, -0.2) is 0 Å². The summed E-state index contributed by atoms with van der Waals surface area (Å²) in [7, 11) is 0. The van der Waals surface area contributed by atoms with Crippen molar-refractivity contribution < 1.29 is 0 Å².